The fourth-order valence-corrected chi connectivity index (χ4v) is 3.80. The Labute approximate surface area is 147 Å². The number of nitrogens with zero attached hydrogens (tertiary/aromatic N) is 2. The lowest BCUT2D eigenvalue weighted by atomic mass is 10.0. The lowest BCUT2D eigenvalue weighted by Gasteiger charge is -2.09. The Kier molecular flexibility index (Phi) is 4.71. The first-order valence-electron chi connectivity index (χ1n) is 8.31. The second-order valence-corrected chi connectivity index (χ2v) is 7.65. The number of benzene rings is 1. The van der Waals surface area contributed by atoms with Gasteiger partial charge in [0.25, 0.3) is 0 Å². The van der Waals surface area contributed by atoms with Gasteiger partial charge in [-0.3, -0.25) is 0 Å². The molecule has 0 bridgehead atoms. The summed E-state index contributed by atoms with van der Waals surface area (Å²) >= 11 is 1.69. The average Bonchev–Trinajstić information content (AvgIpc) is 2.83. The van der Waals surface area contributed by atoms with Crippen LogP contribution < -0.4 is 11.1 Å². The summed E-state index contributed by atoms with van der Waals surface area (Å²) in [6.07, 6.45) is 0.752. The molecule has 0 spiro atoms. The van der Waals surface area contributed by atoms with E-state index in [-0.39, 0.29) is 0 Å². The molecule has 0 saturated heterocycles. The van der Waals surface area contributed by atoms with Gasteiger partial charge in [0.1, 0.15) is 16.5 Å². The highest BCUT2D eigenvalue weighted by atomic mass is 32.1. The Morgan fingerprint density at radius 2 is 1.83 bits per heavy atom. The van der Waals surface area contributed by atoms with Gasteiger partial charge in [0.05, 0.1) is 5.39 Å². The number of aromatic nitrogens is 2. The van der Waals surface area contributed by atoms with Gasteiger partial charge in [-0.25, -0.2) is 9.97 Å². The van der Waals surface area contributed by atoms with Gasteiger partial charge in [0.15, 0.2) is 0 Å². The second kappa shape index (κ2) is 6.77. The Hall–Kier alpha value is -2.14. The van der Waals surface area contributed by atoms with Gasteiger partial charge >= 0.3 is 0 Å². The number of aryl methyl sites for hydroxylation is 2. The van der Waals surface area contributed by atoms with Gasteiger partial charge < -0.3 is 11.1 Å². The van der Waals surface area contributed by atoms with Crippen LogP contribution in [0.1, 0.15) is 41.6 Å². The van der Waals surface area contributed by atoms with E-state index in [0.717, 1.165) is 34.7 Å². The molecule has 0 atom stereocenters. The topological polar surface area (TPSA) is 63.8 Å². The van der Waals surface area contributed by atoms with Crippen molar-refractivity contribution < 1.29 is 0 Å². The third-order valence-corrected chi connectivity index (χ3v) is 5.46. The van der Waals surface area contributed by atoms with Crippen LogP contribution in [0.15, 0.2) is 24.3 Å². The number of hydrogen-bond acceptors (Lipinski definition) is 5. The fourth-order valence-electron chi connectivity index (χ4n) is 2.74. The number of nitrogen functional groups attached to an aromatic ring is 1. The molecule has 1 aromatic carbocycles. The summed E-state index contributed by atoms with van der Waals surface area (Å²) < 4.78 is 0. The maximum atomic E-state index is 6.13. The zero-order valence-electron chi connectivity index (χ0n) is 14.7. The second-order valence-electron chi connectivity index (χ2n) is 6.44. The molecule has 126 valence electrons. The Morgan fingerprint density at radius 3 is 2.50 bits per heavy atom. The molecule has 2 heterocycles. The monoisotopic (exact) mass is 340 g/mol. The molecule has 3 N–H and O–H groups in total. The first kappa shape index (κ1) is 16.7. The van der Waals surface area contributed by atoms with Crippen LogP contribution in [0, 0.1) is 13.8 Å². The minimum Gasteiger partial charge on any atom is -0.385 e. The highest BCUT2D eigenvalue weighted by Crippen LogP contribution is 2.31. The molecule has 0 aliphatic heterocycles. The van der Waals surface area contributed by atoms with Crippen LogP contribution >= 0.6 is 11.3 Å². The fraction of sp³-hybridized carbons (Fsp3) is 0.368. The Morgan fingerprint density at radius 1 is 1.12 bits per heavy atom. The van der Waals surface area contributed by atoms with Crippen molar-refractivity contribution in [3.05, 3.63) is 46.1 Å². The van der Waals surface area contributed by atoms with Crippen LogP contribution in [-0.4, -0.2) is 16.5 Å². The molecule has 0 fully saturated rings. The minimum absolute atomic E-state index is 0.555. The van der Waals surface area contributed by atoms with E-state index in [1.165, 1.54) is 16.0 Å². The van der Waals surface area contributed by atoms with E-state index in [4.69, 9.17) is 5.73 Å². The zero-order valence-corrected chi connectivity index (χ0v) is 15.5. The van der Waals surface area contributed by atoms with Crippen molar-refractivity contribution in [2.45, 2.75) is 40.0 Å². The molecule has 2 aromatic heterocycles. The number of rotatable bonds is 5. The standard InChI is InChI=1S/C19H24N4S/c1-11(2)14-5-7-15(8-6-14)21-10-9-16-22-18(20)17-12(3)13(4)24-19(17)23-16/h5-8,11,21H,9-10H2,1-4H3,(H2,20,22,23). The summed E-state index contributed by atoms with van der Waals surface area (Å²) in [6.45, 7) is 9.37. The summed E-state index contributed by atoms with van der Waals surface area (Å²) in [5, 5.41) is 4.44. The molecule has 0 amide bonds. The molecular formula is C19H24N4S. The van der Waals surface area contributed by atoms with Crippen LogP contribution in [0.2, 0.25) is 0 Å². The summed E-state index contributed by atoms with van der Waals surface area (Å²) in [5.74, 6) is 1.95. The number of fused-ring (bicyclic) bond motifs is 1. The predicted octanol–water partition coefficient (Wildman–Crippen LogP) is 4.67. The molecule has 3 rings (SSSR count). The molecule has 3 aromatic rings. The van der Waals surface area contributed by atoms with Gasteiger partial charge in [0.2, 0.25) is 0 Å². The van der Waals surface area contributed by atoms with Gasteiger partial charge in [-0.2, -0.15) is 0 Å². The van der Waals surface area contributed by atoms with Crippen molar-refractivity contribution in [3.63, 3.8) is 0 Å². The molecule has 0 unspecified atom stereocenters. The zero-order chi connectivity index (χ0) is 17.3. The van der Waals surface area contributed by atoms with Crippen LogP contribution in [0.4, 0.5) is 11.5 Å². The van der Waals surface area contributed by atoms with Crippen LogP contribution in [0.5, 0.6) is 0 Å². The van der Waals surface area contributed by atoms with Crippen molar-refractivity contribution in [2.75, 3.05) is 17.6 Å². The number of nitrogens with one attached hydrogen (secondary N) is 1. The van der Waals surface area contributed by atoms with E-state index in [9.17, 15) is 0 Å². The molecule has 5 heteroatoms. The van der Waals surface area contributed by atoms with E-state index in [1.54, 1.807) is 11.3 Å². The van der Waals surface area contributed by atoms with Crippen molar-refractivity contribution in [1.29, 1.82) is 0 Å². The Bertz CT molecular complexity index is 850. The molecule has 0 radical (unpaired) electrons. The quantitative estimate of drug-likeness (QED) is 0.708. The number of anilines is 2. The van der Waals surface area contributed by atoms with E-state index in [0.29, 0.717) is 11.7 Å². The lowest BCUT2D eigenvalue weighted by Crippen LogP contribution is -2.09. The number of thiophene rings is 1. The normalized spacial score (nSPS) is 11.4. The van der Waals surface area contributed by atoms with Gasteiger partial charge in [0, 0.05) is 23.5 Å². The molecule has 0 saturated carbocycles. The first-order valence-corrected chi connectivity index (χ1v) is 9.13. The van der Waals surface area contributed by atoms with E-state index in [2.05, 4.69) is 67.2 Å². The average molecular weight is 340 g/mol. The van der Waals surface area contributed by atoms with Crippen molar-refractivity contribution >= 4 is 33.1 Å². The van der Waals surface area contributed by atoms with Crippen LogP contribution in [0.25, 0.3) is 10.2 Å². The molecular weight excluding hydrogens is 316 g/mol. The predicted molar refractivity (Wildman–Crippen MR) is 104 cm³/mol. The summed E-state index contributed by atoms with van der Waals surface area (Å²) in [7, 11) is 0. The van der Waals surface area contributed by atoms with Crippen molar-refractivity contribution in [3.8, 4) is 0 Å². The smallest absolute Gasteiger partial charge is 0.136 e. The molecule has 24 heavy (non-hydrogen) atoms. The minimum atomic E-state index is 0.555. The summed E-state index contributed by atoms with van der Waals surface area (Å²) in [5.41, 5.74) is 9.80. The third-order valence-electron chi connectivity index (χ3n) is 4.36. The van der Waals surface area contributed by atoms with Crippen LogP contribution in [0.3, 0.4) is 0 Å². The van der Waals surface area contributed by atoms with E-state index in [1.807, 2.05) is 0 Å². The molecule has 0 aliphatic carbocycles. The summed E-state index contributed by atoms with van der Waals surface area (Å²) in [4.78, 5) is 11.4. The van der Waals surface area contributed by atoms with Gasteiger partial charge in [-0.05, 0) is 43.0 Å². The summed E-state index contributed by atoms with van der Waals surface area (Å²) in [6, 6.07) is 8.59. The highest BCUT2D eigenvalue weighted by Gasteiger charge is 2.12. The van der Waals surface area contributed by atoms with Crippen molar-refractivity contribution in [2.24, 2.45) is 0 Å². The lowest BCUT2D eigenvalue weighted by molar-refractivity contribution is 0.866. The van der Waals surface area contributed by atoms with Crippen molar-refractivity contribution in [1.82, 2.24) is 9.97 Å². The van der Waals surface area contributed by atoms with Gasteiger partial charge in [-0.1, -0.05) is 26.0 Å². The SMILES string of the molecule is Cc1sc2nc(CCNc3ccc(C(C)C)cc3)nc(N)c2c1C. The maximum absolute atomic E-state index is 6.13. The number of hydrogen-bond donors (Lipinski definition) is 2. The van der Waals surface area contributed by atoms with Gasteiger partial charge in [-0.15, -0.1) is 11.3 Å². The van der Waals surface area contributed by atoms with Crippen LogP contribution in [-0.2, 0) is 6.42 Å². The highest BCUT2D eigenvalue weighted by molar-refractivity contribution is 7.18. The Balaban J connectivity index is 1.67. The largest absolute Gasteiger partial charge is 0.385 e. The third kappa shape index (κ3) is 3.36. The molecule has 0 aliphatic rings. The molecule has 4 nitrogen and oxygen atoms in total. The van der Waals surface area contributed by atoms with E-state index >= 15 is 0 Å². The van der Waals surface area contributed by atoms with E-state index < -0.39 is 0 Å². The maximum Gasteiger partial charge on any atom is 0.136 e. The number of nitrogens with two attached hydrogens (primary N) is 1. The first-order chi connectivity index (χ1) is 11.5.